The van der Waals surface area contributed by atoms with Crippen LogP contribution in [0.2, 0.25) is 0 Å². The molecule has 2 aromatic carbocycles. The summed E-state index contributed by atoms with van der Waals surface area (Å²) in [6.07, 6.45) is 2.64. The molecule has 30 heavy (non-hydrogen) atoms. The van der Waals surface area contributed by atoms with Crippen molar-refractivity contribution in [3.63, 3.8) is 0 Å². The first-order chi connectivity index (χ1) is 14.5. The fraction of sp³-hybridized carbons (Fsp3) is 0.440. The molecule has 160 valence electrons. The molecule has 0 spiro atoms. The normalized spacial score (nSPS) is 16.2. The van der Waals surface area contributed by atoms with E-state index >= 15 is 0 Å². The van der Waals surface area contributed by atoms with Gasteiger partial charge in [-0.2, -0.15) is 0 Å². The monoisotopic (exact) mass is 407 g/mol. The molecule has 1 atom stereocenters. The molecule has 0 aliphatic carbocycles. The molecule has 5 heteroatoms. The zero-order chi connectivity index (χ0) is 21.3. The maximum Gasteiger partial charge on any atom is 0.251 e. The first kappa shape index (κ1) is 22.0. The summed E-state index contributed by atoms with van der Waals surface area (Å²) < 4.78 is 0. The predicted molar refractivity (Wildman–Crippen MR) is 120 cm³/mol. The molecule has 0 saturated carbocycles. The van der Waals surface area contributed by atoms with Crippen LogP contribution in [0.1, 0.15) is 55.1 Å². The second-order valence-corrected chi connectivity index (χ2v) is 8.55. The molecule has 1 saturated heterocycles. The Balaban J connectivity index is 1.45. The summed E-state index contributed by atoms with van der Waals surface area (Å²) in [4.78, 5) is 27.2. The third-order valence-electron chi connectivity index (χ3n) is 5.57. The van der Waals surface area contributed by atoms with Crippen molar-refractivity contribution in [3.05, 3.63) is 71.8 Å². The van der Waals surface area contributed by atoms with Crippen LogP contribution in [0.15, 0.2) is 60.7 Å². The summed E-state index contributed by atoms with van der Waals surface area (Å²) >= 11 is 0. The fourth-order valence-corrected chi connectivity index (χ4v) is 3.97. The Morgan fingerprint density at radius 1 is 0.967 bits per heavy atom. The Morgan fingerprint density at radius 2 is 1.57 bits per heavy atom. The van der Waals surface area contributed by atoms with Crippen LogP contribution in [0.4, 0.5) is 0 Å². The maximum atomic E-state index is 12.7. The van der Waals surface area contributed by atoms with Crippen LogP contribution in [-0.2, 0) is 4.79 Å². The maximum absolute atomic E-state index is 12.7. The van der Waals surface area contributed by atoms with E-state index in [1.54, 1.807) is 0 Å². The second-order valence-electron chi connectivity index (χ2n) is 8.55. The van der Waals surface area contributed by atoms with Crippen molar-refractivity contribution in [1.82, 2.24) is 15.5 Å². The van der Waals surface area contributed by atoms with Crippen LogP contribution in [0.5, 0.6) is 0 Å². The molecule has 0 radical (unpaired) electrons. The van der Waals surface area contributed by atoms with Gasteiger partial charge in [0.1, 0.15) is 0 Å². The Hall–Kier alpha value is -2.66. The van der Waals surface area contributed by atoms with Gasteiger partial charge in [0.25, 0.3) is 5.91 Å². The lowest BCUT2D eigenvalue weighted by atomic mass is 9.97. The number of hydrogen-bond donors (Lipinski definition) is 2. The lowest BCUT2D eigenvalue weighted by Gasteiger charge is -2.32. The van der Waals surface area contributed by atoms with Gasteiger partial charge in [-0.3, -0.25) is 14.5 Å². The Kier molecular flexibility index (Phi) is 8.03. The van der Waals surface area contributed by atoms with Crippen molar-refractivity contribution in [2.45, 2.75) is 45.2 Å². The highest BCUT2D eigenvalue weighted by atomic mass is 16.2. The number of carbonyl (C=O) groups excluding carboxylic acids is 2. The minimum atomic E-state index is -0.0221. The summed E-state index contributed by atoms with van der Waals surface area (Å²) in [6.45, 7) is 6.38. The van der Waals surface area contributed by atoms with Crippen LogP contribution in [-0.4, -0.2) is 42.4 Å². The Labute approximate surface area is 179 Å². The van der Waals surface area contributed by atoms with Crippen molar-refractivity contribution in [2.75, 3.05) is 19.6 Å². The number of amides is 2. The molecule has 0 aromatic heterocycles. The highest BCUT2D eigenvalue weighted by Crippen LogP contribution is 2.21. The van der Waals surface area contributed by atoms with E-state index in [-0.39, 0.29) is 23.9 Å². The van der Waals surface area contributed by atoms with E-state index in [1.807, 2.05) is 48.5 Å². The average molecular weight is 408 g/mol. The molecule has 2 amide bonds. The van der Waals surface area contributed by atoms with Crippen molar-refractivity contribution in [1.29, 1.82) is 0 Å². The van der Waals surface area contributed by atoms with Gasteiger partial charge >= 0.3 is 0 Å². The Morgan fingerprint density at radius 3 is 2.17 bits per heavy atom. The summed E-state index contributed by atoms with van der Waals surface area (Å²) in [6, 6.07) is 19.7. The van der Waals surface area contributed by atoms with Gasteiger partial charge in [0.2, 0.25) is 5.91 Å². The molecule has 1 aliphatic heterocycles. The molecular weight excluding hydrogens is 374 g/mol. The fourth-order valence-electron chi connectivity index (χ4n) is 3.97. The lowest BCUT2D eigenvalue weighted by Crippen LogP contribution is -2.47. The Bertz CT molecular complexity index is 800. The quantitative estimate of drug-likeness (QED) is 0.700. The number of nitrogens with one attached hydrogen (secondary N) is 2. The van der Waals surface area contributed by atoms with E-state index in [1.165, 1.54) is 0 Å². The molecule has 3 rings (SSSR count). The largest absolute Gasteiger partial charge is 0.349 e. The van der Waals surface area contributed by atoms with E-state index < -0.39 is 0 Å². The van der Waals surface area contributed by atoms with Crippen LogP contribution in [0.3, 0.4) is 0 Å². The summed E-state index contributed by atoms with van der Waals surface area (Å²) in [7, 11) is 0. The number of piperidine rings is 1. The van der Waals surface area contributed by atoms with Gasteiger partial charge in [0.05, 0.1) is 12.6 Å². The number of carbonyl (C=O) groups is 2. The number of likely N-dealkylation sites (tertiary alicyclic amines) is 1. The topological polar surface area (TPSA) is 61.4 Å². The first-order valence-corrected chi connectivity index (χ1v) is 10.9. The molecule has 5 nitrogen and oxygen atoms in total. The van der Waals surface area contributed by atoms with E-state index in [0.717, 1.165) is 37.9 Å². The summed E-state index contributed by atoms with van der Waals surface area (Å²) in [5.41, 5.74) is 1.85. The number of nitrogens with zero attached hydrogens (tertiary/aromatic N) is 1. The minimum Gasteiger partial charge on any atom is -0.349 e. The number of rotatable bonds is 8. The van der Waals surface area contributed by atoms with Gasteiger partial charge in [-0.05, 0) is 42.9 Å². The van der Waals surface area contributed by atoms with Gasteiger partial charge in [-0.15, -0.1) is 0 Å². The van der Waals surface area contributed by atoms with Crippen molar-refractivity contribution in [3.8, 4) is 0 Å². The van der Waals surface area contributed by atoms with Crippen LogP contribution >= 0.6 is 0 Å². The van der Waals surface area contributed by atoms with Crippen molar-refractivity contribution >= 4 is 11.8 Å². The summed E-state index contributed by atoms with van der Waals surface area (Å²) in [5.74, 6) is 0.543. The average Bonchev–Trinajstić information content (AvgIpc) is 2.75. The zero-order valence-corrected chi connectivity index (χ0v) is 18.0. The second kappa shape index (κ2) is 10.9. The molecule has 2 aromatic rings. The SMILES string of the molecule is CC(C)CC(NC(=O)CN1CCC(NC(=O)c2ccccc2)CC1)c1ccccc1. The lowest BCUT2D eigenvalue weighted by molar-refractivity contribution is -0.123. The van der Waals surface area contributed by atoms with Gasteiger partial charge in [0.15, 0.2) is 0 Å². The molecule has 1 fully saturated rings. The molecule has 0 bridgehead atoms. The molecular formula is C25H33N3O2. The van der Waals surface area contributed by atoms with Crippen molar-refractivity contribution in [2.24, 2.45) is 5.92 Å². The highest BCUT2D eigenvalue weighted by molar-refractivity contribution is 5.94. The smallest absolute Gasteiger partial charge is 0.251 e. The van der Waals surface area contributed by atoms with E-state index in [9.17, 15) is 9.59 Å². The molecule has 1 heterocycles. The van der Waals surface area contributed by atoms with E-state index in [4.69, 9.17) is 0 Å². The van der Waals surface area contributed by atoms with Crippen LogP contribution < -0.4 is 10.6 Å². The molecule has 1 aliphatic rings. The molecule has 2 N–H and O–H groups in total. The number of benzene rings is 2. The predicted octanol–water partition coefficient (Wildman–Crippen LogP) is 3.78. The van der Waals surface area contributed by atoms with Gasteiger partial charge in [-0.1, -0.05) is 62.4 Å². The van der Waals surface area contributed by atoms with Crippen LogP contribution in [0.25, 0.3) is 0 Å². The van der Waals surface area contributed by atoms with Gasteiger partial charge in [0, 0.05) is 24.7 Å². The highest BCUT2D eigenvalue weighted by Gasteiger charge is 2.23. The standard InChI is InChI=1S/C25H33N3O2/c1-19(2)17-23(20-9-5-3-6-10-20)27-24(29)18-28-15-13-22(14-16-28)26-25(30)21-11-7-4-8-12-21/h3-12,19,22-23H,13-18H2,1-2H3,(H,26,30)(H,27,29). The van der Waals surface area contributed by atoms with Crippen molar-refractivity contribution < 1.29 is 9.59 Å². The van der Waals surface area contributed by atoms with E-state index in [0.29, 0.717) is 18.0 Å². The van der Waals surface area contributed by atoms with Gasteiger partial charge < -0.3 is 10.6 Å². The zero-order valence-electron chi connectivity index (χ0n) is 18.0. The third kappa shape index (κ3) is 6.70. The first-order valence-electron chi connectivity index (χ1n) is 10.9. The van der Waals surface area contributed by atoms with E-state index in [2.05, 4.69) is 41.5 Å². The molecule has 1 unspecified atom stereocenters. The summed E-state index contributed by atoms with van der Waals surface area (Å²) in [5, 5.41) is 6.34. The van der Waals surface area contributed by atoms with Gasteiger partial charge in [-0.25, -0.2) is 0 Å². The minimum absolute atomic E-state index is 0.0221. The van der Waals surface area contributed by atoms with Crippen LogP contribution in [0, 0.1) is 5.92 Å². The number of hydrogen-bond acceptors (Lipinski definition) is 3. The third-order valence-corrected chi connectivity index (χ3v) is 5.57.